The number of halogens is 3. The molecule has 0 bridgehead atoms. The minimum absolute atomic E-state index is 0.0180. The largest absolute Gasteiger partial charge is 0.497 e. The molecule has 0 aliphatic heterocycles. The third-order valence-corrected chi connectivity index (χ3v) is 3.12. The van der Waals surface area contributed by atoms with E-state index in [2.05, 4.69) is 20.0 Å². The van der Waals surface area contributed by atoms with Crippen molar-refractivity contribution in [2.45, 2.75) is 31.9 Å². The molecule has 0 saturated heterocycles. The van der Waals surface area contributed by atoms with Crippen molar-refractivity contribution in [1.82, 2.24) is 10.1 Å². The number of rotatable bonds is 7. The molecule has 1 amide bonds. The van der Waals surface area contributed by atoms with E-state index in [1.807, 2.05) is 0 Å². The minimum atomic E-state index is -4.64. The maximum absolute atomic E-state index is 12.3. The second-order valence-corrected chi connectivity index (χ2v) is 5.00. The number of ether oxygens (including phenoxy) is 1. The highest BCUT2D eigenvalue weighted by Crippen LogP contribution is 2.27. The highest BCUT2D eigenvalue weighted by Gasteiger charge is 2.38. The number of unbranched alkanes of at least 4 members (excludes halogenated alkanes) is 1. The standard InChI is InChI=1S/C15H16F3N3O3/c1-23-11-6-4-5-10(9-11)19-13(22)8-3-2-7-12-20-14(24-21-12)15(16,17)18/h4-6,9H,2-3,7-8H2,1H3,(H,19,22). The van der Waals surface area contributed by atoms with Crippen LogP contribution in [-0.2, 0) is 17.4 Å². The lowest BCUT2D eigenvalue weighted by atomic mass is 10.2. The Kier molecular flexibility index (Phi) is 5.78. The van der Waals surface area contributed by atoms with E-state index in [1.54, 1.807) is 24.3 Å². The van der Waals surface area contributed by atoms with Crippen molar-refractivity contribution in [3.63, 3.8) is 0 Å². The van der Waals surface area contributed by atoms with Crippen LogP contribution in [0.3, 0.4) is 0 Å². The fourth-order valence-corrected chi connectivity index (χ4v) is 1.96. The summed E-state index contributed by atoms with van der Waals surface area (Å²) in [7, 11) is 1.53. The smallest absolute Gasteiger partial charge is 0.471 e. The van der Waals surface area contributed by atoms with E-state index in [-0.39, 0.29) is 24.6 Å². The Bertz CT molecular complexity index is 686. The number of carbonyl (C=O) groups excluding carboxylic acids is 1. The topological polar surface area (TPSA) is 77.2 Å². The zero-order chi connectivity index (χ0) is 17.6. The van der Waals surface area contributed by atoms with Crippen LogP contribution >= 0.6 is 0 Å². The summed E-state index contributed by atoms with van der Waals surface area (Å²) >= 11 is 0. The van der Waals surface area contributed by atoms with Gasteiger partial charge in [-0.2, -0.15) is 18.2 Å². The Morgan fingerprint density at radius 3 is 2.79 bits per heavy atom. The lowest BCUT2D eigenvalue weighted by Crippen LogP contribution is -2.11. The Hall–Kier alpha value is -2.58. The van der Waals surface area contributed by atoms with Gasteiger partial charge >= 0.3 is 12.1 Å². The predicted octanol–water partition coefficient (Wildman–Crippen LogP) is 3.45. The maximum Gasteiger partial charge on any atom is 0.471 e. The van der Waals surface area contributed by atoms with E-state index >= 15 is 0 Å². The van der Waals surface area contributed by atoms with Crippen LogP contribution < -0.4 is 10.1 Å². The van der Waals surface area contributed by atoms with E-state index in [1.165, 1.54) is 7.11 Å². The van der Waals surface area contributed by atoms with Gasteiger partial charge in [0.2, 0.25) is 5.91 Å². The molecular formula is C15H16F3N3O3. The second-order valence-electron chi connectivity index (χ2n) is 5.00. The number of aryl methyl sites for hydroxylation is 1. The maximum atomic E-state index is 12.3. The molecule has 1 aromatic carbocycles. The molecule has 0 radical (unpaired) electrons. The van der Waals surface area contributed by atoms with Gasteiger partial charge in [-0.25, -0.2) is 0 Å². The van der Waals surface area contributed by atoms with Gasteiger partial charge < -0.3 is 14.6 Å². The number of alkyl halides is 3. The van der Waals surface area contributed by atoms with Gasteiger partial charge in [0.15, 0.2) is 5.82 Å². The molecule has 1 N–H and O–H groups in total. The van der Waals surface area contributed by atoms with Crippen LogP contribution in [0.2, 0.25) is 0 Å². The fourth-order valence-electron chi connectivity index (χ4n) is 1.96. The summed E-state index contributed by atoms with van der Waals surface area (Å²) < 4.78 is 46.1. The van der Waals surface area contributed by atoms with Gasteiger partial charge in [-0.15, -0.1) is 0 Å². The third-order valence-electron chi connectivity index (χ3n) is 3.12. The summed E-state index contributed by atoms with van der Waals surface area (Å²) in [5, 5.41) is 5.99. The molecule has 9 heteroatoms. The zero-order valence-electron chi connectivity index (χ0n) is 12.9. The van der Waals surface area contributed by atoms with Crippen molar-refractivity contribution < 1.29 is 27.2 Å². The normalized spacial score (nSPS) is 11.3. The summed E-state index contributed by atoms with van der Waals surface area (Å²) in [6.45, 7) is 0. The molecule has 2 rings (SSSR count). The van der Waals surface area contributed by atoms with Gasteiger partial charge in [-0.1, -0.05) is 11.2 Å². The lowest BCUT2D eigenvalue weighted by molar-refractivity contribution is -0.159. The van der Waals surface area contributed by atoms with E-state index in [0.717, 1.165) is 0 Å². The van der Waals surface area contributed by atoms with Gasteiger partial charge in [-0.05, 0) is 25.0 Å². The molecule has 0 spiro atoms. The van der Waals surface area contributed by atoms with Gasteiger partial charge in [-0.3, -0.25) is 4.79 Å². The van der Waals surface area contributed by atoms with E-state index in [4.69, 9.17) is 4.74 Å². The van der Waals surface area contributed by atoms with Gasteiger partial charge in [0.1, 0.15) is 5.75 Å². The van der Waals surface area contributed by atoms with Crippen LogP contribution in [0.25, 0.3) is 0 Å². The first-order chi connectivity index (χ1) is 11.4. The highest BCUT2D eigenvalue weighted by molar-refractivity contribution is 5.90. The Labute approximate surface area is 136 Å². The first kappa shape index (κ1) is 17.8. The average molecular weight is 343 g/mol. The van der Waals surface area contributed by atoms with E-state index in [0.29, 0.717) is 24.3 Å². The van der Waals surface area contributed by atoms with Crippen LogP contribution in [-0.4, -0.2) is 23.2 Å². The predicted molar refractivity (Wildman–Crippen MR) is 78.5 cm³/mol. The molecule has 2 aromatic rings. The summed E-state index contributed by atoms with van der Waals surface area (Å²) in [5.74, 6) is -0.929. The monoisotopic (exact) mass is 343 g/mol. The van der Waals surface area contributed by atoms with Crippen molar-refractivity contribution in [2.24, 2.45) is 0 Å². The number of nitrogens with one attached hydrogen (secondary N) is 1. The third kappa shape index (κ3) is 5.25. The second kappa shape index (κ2) is 7.80. The quantitative estimate of drug-likeness (QED) is 0.779. The molecular weight excluding hydrogens is 327 g/mol. The van der Waals surface area contributed by atoms with Crippen LogP contribution in [0.5, 0.6) is 5.75 Å². The van der Waals surface area contributed by atoms with E-state index < -0.39 is 12.1 Å². The number of hydrogen-bond acceptors (Lipinski definition) is 5. The van der Waals surface area contributed by atoms with E-state index in [9.17, 15) is 18.0 Å². The molecule has 130 valence electrons. The van der Waals surface area contributed by atoms with Crippen molar-refractivity contribution in [3.05, 3.63) is 36.0 Å². The number of anilines is 1. The molecule has 6 nitrogen and oxygen atoms in total. The molecule has 1 aromatic heterocycles. The van der Waals surface area contributed by atoms with Gasteiger partial charge in [0.25, 0.3) is 0 Å². The SMILES string of the molecule is COc1cccc(NC(=O)CCCCc2noc(C(F)(F)F)n2)c1. The summed E-state index contributed by atoms with van der Waals surface area (Å²) in [4.78, 5) is 15.1. The number of carbonyl (C=O) groups is 1. The summed E-state index contributed by atoms with van der Waals surface area (Å²) in [6, 6.07) is 6.94. The lowest BCUT2D eigenvalue weighted by Gasteiger charge is -2.06. The number of nitrogens with zero attached hydrogens (tertiary/aromatic N) is 2. The molecule has 0 aliphatic rings. The van der Waals surface area contributed by atoms with Crippen molar-refractivity contribution >= 4 is 11.6 Å². The highest BCUT2D eigenvalue weighted by atomic mass is 19.4. The molecule has 24 heavy (non-hydrogen) atoms. The van der Waals surface area contributed by atoms with Crippen LogP contribution in [0.4, 0.5) is 18.9 Å². The summed E-state index contributed by atoms with van der Waals surface area (Å²) in [6.07, 6.45) is -3.22. The average Bonchev–Trinajstić information content (AvgIpc) is 3.01. The zero-order valence-corrected chi connectivity index (χ0v) is 12.9. The van der Waals surface area contributed by atoms with Crippen molar-refractivity contribution in [1.29, 1.82) is 0 Å². The Balaban J connectivity index is 1.72. The fraction of sp³-hybridized carbons (Fsp3) is 0.400. The molecule has 0 atom stereocenters. The number of methoxy groups -OCH3 is 1. The number of aromatic nitrogens is 2. The minimum Gasteiger partial charge on any atom is -0.497 e. The number of benzene rings is 1. The first-order valence-electron chi connectivity index (χ1n) is 7.22. The first-order valence-corrected chi connectivity index (χ1v) is 7.22. The van der Waals surface area contributed by atoms with Crippen molar-refractivity contribution in [3.8, 4) is 5.75 Å². The van der Waals surface area contributed by atoms with Crippen LogP contribution in [0.15, 0.2) is 28.8 Å². The molecule has 0 unspecified atom stereocenters. The van der Waals surface area contributed by atoms with Crippen LogP contribution in [0.1, 0.15) is 31.0 Å². The molecule has 0 fully saturated rings. The van der Waals surface area contributed by atoms with Crippen LogP contribution in [0, 0.1) is 0 Å². The summed E-state index contributed by atoms with van der Waals surface area (Å²) in [5.41, 5.74) is 0.618. The Morgan fingerprint density at radius 1 is 1.33 bits per heavy atom. The Morgan fingerprint density at radius 2 is 2.12 bits per heavy atom. The number of hydrogen-bond donors (Lipinski definition) is 1. The molecule has 1 heterocycles. The van der Waals surface area contributed by atoms with Gasteiger partial charge in [0.05, 0.1) is 7.11 Å². The molecule has 0 aliphatic carbocycles. The van der Waals surface area contributed by atoms with Crippen molar-refractivity contribution in [2.75, 3.05) is 12.4 Å². The van der Waals surface area contributed by atoms with Gasteiger partial charge in [0, 0.05) is 24.6 Å². The number of amides is 1. The molecule has 0 saturated carbocycles.